The zero-order valence-corrected chi connectivity index (χ0v) is 20.9. The number of halogens is 1. The van der Waals surface area contributed by atoms with E-state index in [9.17, 15) is 17.6 Å². The van der Waals surface area contributed by atoms with Gasteiger partial charge >= 0.3 is 0 Å². The third-order valence-electron chi connectivity index (χ3n) is 5.57. The molecule has 3 aromatic carbocycles. The van der Waals surface area contributed by atoms with Crippen molar-refractivity contribution in [2.45, 2.75) is 31.2 Å². The number of nitrogens with one attached hydrogen (secondary N) is 1. The number of aryl methyl sites for hydroxylation is 1. The lowest BCUT2D eigenvalue weighted by atomic mass is 10.0. The molecule has 7 nitrogen and oxygen atoms in total. The summed E-state index contributed by atoms with van der Waals surface area (Å²) < 4.78 is 52.2. The second-order valence-corrected chi connectivity index (χ2v) is 9.81. The minimum Gasteiger partial charge on any atom is -0.493 e. The molecule has 0 fully saturated rings. The van der Waals surface area contributed by atoms with Crippen molar-refractivity contribution >= 4 is 21.6 Å². The largest absolute Gasteiger partial charge is 0.493 e. The summed E-state index contributed by atoms with van der Waals surface area (Å²) in [4.78, 5) is 13.0. The number of hydrogen-bond donors (Lipinski definition) is 1. The Morgan fingerprint density at radius 1 is 0.971 bits per heavy atom. The Bertz CT molecular complexity index is 1260. The highest BCUT2D eigenvalue weighted by atomic mass is 32.2. The fraction of sp³-hybridized carbons (Fsp3) is 0.269. The topological polar surface area (TPSA) is 84.9 Å². The molecule has 1 N–H and O–H groups in total. The molecule has 0 aliphatic rings. The highest BCUT2D eigenvalue weighted by molar-refractivity contribution is 7.92. The Balaban J connectivity index is 1.95. The van der Waals surface area contributed by atoms with Crippen molar-refractivity contribution in [1.82, 2.24) is 5.32 Å². The van der Waals surface area contributed by atoms with Crippen molar-refractivity contribution in [2.75, 3.05) is 25.1 Å². The van der Waals surface area contributed by atoms with Crippen LogP contribution in [0.15, 0.2) is 71.6 Å². The van der Waals surface area contributed by atoms with Gasteiger partial charge in [0, 0.05) is 6.07 Å². The van der Waals surface area contributed by atoms with Crippen LogP contribution in [0.3, 0.4) is 0 Å². The van der Waals surface area contributed by atoms with Crippen LogP contribution in [0.2, 0.25) is 0 Å². The minimum atomic E-state index is -4.22. The van der Waals surface area contributed by atoms with Gasteiger partial charge in [0.1, 0.15) is 12.4 Å². The van der Waals surface area contributed by atoms with E-state index in [1.165, 1.54) is 44.6 Å². The van der Waals surface area contributed by atoms with Gasteiger partial charge in [0.05, 0.1) is 30.8 Å². The van der Waals surface area contributed by atoms with Gasteiger partial charge in [0.2, 0.25) is 5.91 Å². The van der Waals surface area contributed by atoms with Crippen LogP contribution in [0.4, 0.5) is 10.1 Å². The molecule has 186 valence electrons. The van der Waals surface area contributed by atoms with E-state index >= 15 is 0 Å². The number of amides is 1. The van der Waals surface area contributed by atoms with Crippen molar-refractivity contribution in [3.8, 4) is 11.5 Å². The molecule has 3 aromatic rings. The van der Waals surface area contributed by atoms with Crippen molar-refractivity contribution in [3.05, 3.63) is 83.7 Å². The molecule has 1 amide bonds. The zero-order valence-electron chi connectivity index (χ0n) is 20.1. The third kappa shape index (κ3) is 6.10. The van der Waals surface area contributed by atoms with Crippen LogP contribution in [-0.4, -0.2) is 35.1 Å². The highest BCUT2D eigenvalue weighted by Crippen LogP contribution is 2.32. The lowest BCUT2D eigenvalue weighted by Crippen LogP contribution is -2.42. The fourth-order valence-electron chi connectivity index (χ4n) is 3.62. The quantitative estimate of drug-likeness (QED) is 0.439. The van der Waals surface area contributed by atoms with Crippen LogP contribution in [0.25, 0.3) is 0 Å². The number of carbonyl (C=O) groups excluding carboxylic acids is 1. The van der Waals surface area contributed by atoms with Crippen molar-refractivity contribution in [2.24, 2.45) is 0 Å². The lowest BCUT2D eigenvalue weighted by Gasteiger charge is -2.26. The number of hydrogen-bond acceptors (Lipinski definition) is 5. The smallest absolute Gasteiger partial charge is 0.264 e. The summed E-state index contributed by atoms with van der Waals surface area (Å²) in [6, 6.07) is 16.6. The number of sulfonamides is 1. The fourth-order valence-corrected chi connectivity index (χ4v) is 5.05. The summed E-state index contributed by atoms with van der Waals surface area (Å²) in [6.07, 6.45) is 0.619. The van der Waals surface area contributed by atoms with Gasteiger partial charge in [0.15, 0.2) is 11.5 Å². The van der Waals surface area contributed by atoms with E-state index in [1.54, 1.807) is 0 Å². The summed E-state index contributed by atoms with van der Waals surface area (Å²) >= 11 is 0. The Labute approximate surface area is 205 Å². The Morgan fingerprint density at radius 2 is 1.60 bits per heavy atom. The molecule has 1 unspecified atom stereocenters. The number of benzene rings is 3. The Morgan fingerprint density at radius 3 is 2.17 bits per heavy atom. The summed E-state index contributed by atoms with van der Waals surface area (Å²) in [7, 11) is -1.38. The van der Waals surface area contributed by atoms with Gasteiger partial charge in [-0.2, -0.15) is 0 Å². The van der Waals surface area contributed by atoms with Gasteiger partial charge in [-0.25, -0.2) is 12.8 Å². The van der Waals surface area contributed by atoms with Crippen LogP contribution in [-0.2, 0) is 14.8 Å². The normalized spacial score (nSPS) is 12.0. The lowest BCUT2D eigenvalue weighted by molar-refractivity contribution is -0.120. The first kappa shape index (κ1) is 26.0. The van der Waals surface area contributed by atoms with Gasteiger partial charge in [-0.1, -0.05) is 36.8 Å². The minimum absolute atomic E-state index is 0.0992. The standard InChI is InChI=1S/C26H29FN2O5S/c1-5-23(19-8-6-18(2)7-9-19)28-26(30)17-29(21-12-10-20(27)11-13-21)35(31,32)22-14-15-24(33-3)25(16-22)34-4/h6-16,23H,5,17H2,1-4H3,(H,28,30). The first-order chi connectivity index (χ1) is 16.7. The van der Waals surface area contributed by atoms with Gasteiger partial charge < -0.3 is 14.8 Å². The summed E-state index contributed by atoms with van der Waals surface area (Å²) in [5.41, 5.74) is 2.17. The van der Waals surface area contributed by atoms with Crippen LogP contribution in [0.5, 0.6) is 11.5 Å². The van der Waals surface area contributed by atoms with Crippen LogP contribution in [0.1, 0.15) is 30.5 Å². The average Bonchev–Trinajstić information content (AvgIpc) is 2.86. The maximum Gasteiger partial charge on any atom is 0.264 e. The molecule has 35 heavy (non-hydrogen) atoms. The Kier molecular flexibility index (Phi) is 8.34. The van der Waals surface area contributed by atoms with E-state index in [-0.39, 0.29) is 22.4 Å². The maximum absolute atomic E-state index is 13.6. The predicted octanol–water partition coefficient (Wildman–Crippen LogP) is 4.61. The second-order valence-electron chi connectivity index (χ2n) is 7.94. The number of methoxy groups -OCH3 is 2. The molecular weight excluding hydrogens is 471 g/mol. The van der Waals surface area contributed by atoms with Gasteiger partial charge in [-0.15, -0.1) is 0 Å². The SMILES string of the molecule is CCC(NC(=O)CN(c1ccc(F)cc1)S(=O)(=O)c1ccc(OC)c(OC)c1)c1ccc(C)cc1. The average molecular weight is 501 g/mol. The predicted molar refractivity (Wildman–Crippen MR) is 133 cm³/mol. The van der Waals surface area contributed by atoms with Gasteiger partial charge in [-0.05, 0) is 55.3 Å². The van der Waals surface area contributed by atoms with Crippen molar-refractivity contribution in [1.29, 1.82) is 0 Å². The van der Waals surface area contributed by atoms with E-state index in [0.717, 1.165) is 27.6 Å². The number of ether oxygens (including phenoxy) is 2. The number of anilines is 1. The molecule has 1 atom stereocenters. The molecule has 0 radical (unpaired) electrons. The highest BCUT2D eigenvalue weighted by Gasteiger charge is 2.29. The van der Waals surface area contributed by atoms with E-state index in [4.69, 9.17) is 9.47 Å². The number of rotatable bonds is 10. The molecule has 0 bridgehead atoms. The second kappa shape index (κ2) is 11.2. The molecule has 9 heteroatoms. The molecule has 0 saturated carbocycles. The van der Waals surface area contributed by atoms with Crippen LogP contribution >= 0.6 is 0 Å². The van der Waals surface area contributed by atoms with Crippen LogP contribution in [0, 0.1) is 12.7 Å². The molecule has 0 saturated heterocycles. The zero-order chi connectivity index (χ0) is 25.6. The van der Waals surface area contributed by atoms with E-state index in [0.29, 0.717) is 12.2 Å². The Hall–Kier alpha value is -3.59. The molecule has 0 aliphatic heterocycles. The molecule has 0 spiro atoms. The van der Waals surface area contributed by atoms with E-state index in [1.807, 2.05) is 38.1 Å². The molecule has 0 heterocycles. The van der Waals surface area contributed by atoms with Crippen LogP contribution < -0.4 is 19.1 Å². The first-order valence-corrected chi connectivity index (χ1v) is 12.5. The third-order valence-corrected chi connectivity index (χ3v) is 7.34. The summed E-state index contributed by atoms with van der Waals surface area (Å²) in [5, 5.41) is 2.91. The first-order valence-electron chi connectivity index (χ1n) is 11.1. The van der Waals surface area contributed by atoms with Crippen molar-refractivity contribution in [3.63, 3.8) is 0 Å². The molecule has 0 aromatic heterocycles. The maximum atomic E-state index is 13.6. The number of nitrogens with zero attached hydrogens (tertiary/aromatic N) is 1. The molecule has 0 aliphatic carbocycles. The summed E-state index contributed by atoms with van der Waals surface area (Å²) in [6.45, 7) is 3.41. The monoisotopic (exact) mass is 500 g/mol. The summed E-state index contributed by atoms with van der Waals surface area (Å²) in [5.74, 6) is -0.429. The molecule has 3 rings (SSSR count). The molecular formula is C26H29FN2O5S. The van der Waals surface area contributed by atoms with Crippen molar-refractivity contribution < 1.29 is 27.1 Å². The van der Waals surface area contributed by atoms with E-state index < -0.39 is 28.3 Å². The van der Waals surface area contributed by atoms with Gasteiger partial charge in [0.25, 0.3) is 10.0 Å². The van der Waals surface area contributed by atoms with Gasteiger partial charge in [-0.3, -0.25) is 9.10 Å². The number of carbonyl (C=O) groups is 1. The van der Waals surface area contributed by atoms with E-state index in [2.05, 4.69) is 5.32 Å².